The van der Waals surface area contributed by atoms with E-state index in [4.69, 9.17) is 0 Å². The number of hydrogen-bond acceptors (Lipinski definition) is 5. The molecule has 0 saturated carbocycles. The van der Waals surface area contributed by atoms with Crippen molar-refractivity contribution in [3.05, 3.63) is 78.0 Å². The number of imidazole rings is 1. The number of aromatic nitrogens is 5. The van der Waals surface area contributed by atoms with Crippen LogP contribution in [0.25, 0.3) is 17.1 Å². The first-order valence-electron chi connectivity index (χ1n) is 11.0. The molecule has 10 heteroatoms. The molecule has 1 aliphatic heterocycles. The van der Waals surface area contributed by atoms with E-state index in [-0.39, 0.29) is 0 Å². The first-order chi connectivity index (χ1) is 16.4. The normalized spacial score (nSPS) is 14.5. The van der Waals surface area contributed by atoms with Crippen molar-refractivity contribution in [3.8, 4) is 17.1 Å². The number of halogens is 3. The van der Waals surface area contributed by atoms with Crippen molar-refractivity contribution in [2.24, 2.45) is 0 Å². The van der Waals surface area contributed by atoms with Gasteiger partial charge in [0.2, 0.25) is 0 Å². The van der Waals surface area contributed by atoms with Crippen molar-refractivity contribution in [2.45, 2.75) is 19.6 Å². The van der Waals surface area contributed by atoms with Gasteiger partial charge < -0.3 is 14.8 Å². The number of aryl methyl sites for hydroxylation is 1. The quantitative estimate of drug-likeness (QED) is 0.482. The molecule has 1 aromatic carbocycles. The molecule has 0 unspecified atom stereocenters. The fourth-order valence-electron chi connectivity index (χ4n) is 3.98. The van der Waals surface area contributed by atoms with E-state index >= 15 is 0 Å². The summed E-state index contributed by atoms with van der Waals surface area (Å²) in [5, 5.41) is 8.03. The molecule has 34 heavy (non-hydrogen) atoms. The highest BCUT2D eigenvalue weighted by Crippen LogP contribution is 2.30. The Bertz CT molecular complexity index is 1250. The number of pyridine rings is 1. The van der Waals surface area contributed by atoms with Crippen LogP contribution < -0.4 is 10.2 Å². The highest BCUT2D eigenvalue weighted by molar-refractivity contribution is 5.54. The van der Waals surface area contributed by atoms with Crippen molar-refractivity contribution in [2.75, 3.05) is 31.1 Å². The van der Waals surface area contributed by atoms with E-state index in [1.807, 2.05) is 29.9 Å². The number of nitrogens with one attached hydrogen (secondary N) is 1. The molecule has 7 nitrogen and oxygen atoms in total. The molecule has 4 heterocycles. The van der Waals surface area contributed by atoms with Gasteiger partial charge in [-0.05, 0) is 48.9 Å². The van der Waals surface area contributed by atoms with Gasteiger partial charge in [-0.15, -0.1) is 0 Å². The van der Waals surface area contributed by atoms with Crippen LogP contribution in [-0.4, -0.2) is 50.5 Å². The predicted molar refractivity (Wildman–Crippen MR) is 123 cm³/mol. The largest absolute Gasteiger partial charge is 0.416 e. The smallest absolute Gasteiger partial charge is 0.354 e. The van der Waals surface area contributed by atoms with Crippen LogP contribution in [0.3, 0.4) is 0 Å². The van der Waals surface area contributed by atoms with Gasteiger partial charge in [-0.1, -0.05) is 6.07 Å². The second kappa shape index (κ2) is 8.94. The first-order valence-corrected chi connectivity index (χ1v) is 11.0. The Morgan fingerprint density at radius 2 is 1.74 bits per heavy atom. The number of benzene rings is 1. The number of rotatable bonds is 5. The van der Waals surface area contributed by atoms with Gasteiger partial charge in [-0.25, -0.2) is 9.97 Å². The average Bonchev–Trinajstić information content (AvgIpc) is 3.47. The van der Waals surface area contributed by atoms with Crippen LogP contribution in [0.1, 0.15) is 16.8 Å². The maximum atomic E-state index is 12.8. The van der Waals surface area contributed by atoms with Crippen LogP contribution in [0.15, 0.2) is 61.2 Å². The van der Waals surface area contributed by atoms with Gasteiger partial charge in [0.1, 0.15) is 17.2 Å². The Kier molecular flexibility index (Phi) is 5.82. The Labute approximate surface area is 194 Å². The SMILES string of the molecule is Cc1cc(-c2cn(-c3ccc(C(F)(F)F)cc3)cn2)nn1Cc1ccc(N2CCNCC2)nc1. The van der Waals surface area contributed by atoms with Gasteiger partial charge in [0.05, 0.1) is 18.4 Å². The summed E-state index contributed by atoms with van der Waals surface area (Å²) in [5.74, 6) is 0.983. The monoisotopic (exact) mass is 467 g/mol. The second-order valence-corrected chi connectivity index (χ2v) is 8.30. The van der Waals surface area contributed by atoms with Crippen molar-refractivity contribution in [3.63, 3.8) is 0 Å². The standard InChI is InChI=1S/C24H24F3N7/c1-17-12-21(22-15-33(16-30-22)20-5-3-19(4-6-20)24(25,26)27)31-34(17)14-18-2-7-23(29-13-18)32-10-8-28-9-11-32/h2-7,12-13,15-16,28H,8-11,14H2,1H3. The van der Waals surface area contributed by atoms with E-state index in [1.165, 1.54) is 12.1 Å². The maximum absolute atomic E-state index is 12.8. The zero-order chi connectivity index (χ0) is 23.7. The fourth-order valence-corrected chi connectivity index (χ4v) is 3.98. The third-order valence-electron chi connectivity index (χ3n) is 5.90. The number of nitrogens with zero attached hydrogens (tertiary/aromatic N) is 6. The fraction of sp³-hybridized carbons (Fsp3) is 0.292. The molecule has 176 valence electrons. The minimum absolute atomic E-state index is 0.584. The number of hydrogen-bond donors (Lipinski definition) is 1. The zero-order valence-electron chi connectivity index (χ0n) is 18.6. The number of alkyl halides is 3. The summed E-state index contributed by atoms with van der Waals surface area (Å²) in [6, 6.07) is 11.0. The van der Waals surface area contributed by atoms with Crippen molar-refractivity contribution < 1.29 is 13.2 Å². The summed E-state index contributed by atoms with van der Waals surface area (Å²) in [5.41, 5.74) is 3.29. The molecule has 1 aliphatic rings. The molecule has 1 fully saturated rings. The molecule has 5 rings (SSSR count). The molecule has 4 aromatic rings. The first kappa shape index (κ1) is 22.1. The van der Waals surface area contributed by atoms with Gasteiger partial charge in [0.15, 0.2) is 0 Å². The lowest BCUT2D eigenvalue weighted by Gasteiger charge is -2.28. The Morgan fingerprint density at radius 3 is 2.41 bits per heavy atom. The summed E-state index contributed by atoms with van der Waals surface area (Å²) < 4.78 is 42.0. The van der Waals surface area contributed by atoms with Crippen molar-refractivity contribution in [1.29, 1.82) is 0 Å². The van der Waals surface area contributed by atoms with Crippen LogP contribution in [0.2, 0.25) is 0 Å². The van der Waals surface area contributed by atoms with Crippen LogP contribution in [-0.2, 0) is 12.7 Å². The van der Waals surface area contributed by atoms with Crippen molar-refractivity contribution in [1.82, 2.24) is 29.6 Å². The van der Waals surface area contributed by atoms with Crippen LogP contribution in [0.5, 0.6) is 0 Å². The third kappa shape index (κ3) is 4.67. The molecule has 1 saturated heterocycles. The lowest BCUT2D eigenvalue weighted by Crippen LogP contribution is -2.43. The van der Waals surface area contributed by atoms with Crippen LogP contribution >= 0.6 is 0 Å². The van der Waals surface area contributed by atoms with Gasteiger partial charge in [-0.2, -0.15) is 18.3 Å². The number of piperazine rings is 1. The molecule has 0 amide bonds. The summed E-state index contributed by atoms with van der Waals surface area (Å²) in [6.45, 7) is 6.40. The average molecular weight is 467 g/mol. The third-order valence-corrected chi connectivity index (χ3v) is 5.90. The maximum Gasteiger partial charge on any atom is 0.416 e. The van der Waals surface area contributed by atoms with E-state index in [2.05, 4.69) is 31.3 Å². The van der Waals surface area contributed by atoms with Gasteiger partial charge in [0.25, 0.3) is 0 Å². The molecule has 0 atom stereocenters. The Hall–Kier alpha value is -3.66. The highest BCUT2D eigenvalue weighted by atomic mass is 19.4. The van der Waals surface area contributed by atoms with Gasteiger partial charge >= 0.3 is 6.18 Å². The minimum atomic E-state index is -4.36. The molecule has 0 bridgehead atoms. The topological polar surface area (TPSA) is 63.8 Å². The van der Waals surface area contributed by atoms with E-state index < -0.39 is 11.7 Å². The summed E-state index contributed by atoms with van der Waals surface area (Å²) >= 11 is 0. The molecule has 0 spiro atoms. The predicted octanol–water partition coefficient (Wildman–Crippen LogP) is 3.92. The summed E-state index contributed by atoms with van der Waals surface area (Å²) in [4.78, 5) is 11.3. The molecule has 0 aliphatic carbocycles. The summed E-state index contributed by atoms with van der Waals surface area (Å²) in [7, 11) is 0. The second-order valence-electron chi connectivity index (χ2n) is 8.30. The van der Waals surface area contributed by atoms with Gasteiger partial charge in [-0.3, -0.25) is 4.68 Å². The molecular formula is C24H24F3N7. The van der Waals surface area contributed by atoms with E-state index in [9.17, 15) is 13.2 Å². The van der Waals surface area contributed by atoms with Crippen molar-refractivity contribution >= 4 is 5.82 Å². The number of anilines is 1. The van der Waals surface area contributed by atoms with Crippen LogP contribution in [0.4, 0.5) is 19.0 Å². The van der Waals surface area contributed by atoms with E-state index in [1.54, 1.807) is 17.1 Å². The molecule has 0 radical (unpaired) electrons. The summed E-state index contributed by atoms with van der Waals surface area (Å²) in [6.07, 6.45) is 0.866. The van der Waals surface area contributed by atoms with E-state index in [0.29, 0.717) is 23.6 Å². The molecular weight excluding hydrogens is 443 g/mol. The lowest BCUT2D eigenvalue weighted by atomic mass is 10.2. The van der Waals surface area contributed by atoms with E-state index in [0.717, 1.165) is 55.4 Å². The van der Waals surface area contributed by atoms with Crippen LogP contribution in [0, 0.1) is 6.92 Å². The zero-order valence-corrected chi connectivity index (χ0v) is 18.6. The Balaban J connectivity index is 1.30. The lowest BCUT2D eigenvalue weighted by molar-refractivity contribution is -0.137. The minimum Gasteiger partial charge on any atom is -0.354 e. The molecule has 3 aromatic heterocycles. The Morgan fingerprint density at radius 1 is 0.971 bits per heavy atom. The van der Waals surface area contributed by atoms with Gasteiger partial charge in [0, 0.05) is 50.0 Å². The molecule has 1 N–H and O–H groups in total. The highest BCUT2D eigenvalue weighted by Gasteiger charge is 2.30.